The molecular formula is C20H12N2O2. The van der Waals surface area contributed by atoms with Crippen molar-refractivity contribution in [2.75, 3.05) is 0 Å². The third-order valence-corrected chi connectivity index (χ3v) is 4.28. The summed E-state index contributed by atoms with van der Waals surface area (Å²) in [4.78, 5) is 19.1. The number of para-hydroxylation sites is 1. The van der Waals surface area contributed by atoms with Crippen LogP contribution < -0.4 is 5.69 Å². The van der Waals surface area contributed by atoms with E-state index < -0.39 is 0 Å². The van der Waals surface area contributed by atoms with Crippen LogP contribution in [0.2, 0.25) is 0 Å². The van der Waals surface area contributed by atoms with Crippen molar-refractivity contribution >= 4 is 32.8 Å². The molecule has 0 aliphatic carbocycles. The number of fused-ring (bicyclic) bond motifs is 5. The molecule has 0 amide bonds. The topological polar surface area (TPSA) is 58.9 Å². The second-order valence-corrected chi connectivity index (χ2v) is 5.72. The van der Waals surface area contributed by atoms with Gasteiger partial charge in [-0.25, -0.2) is 4.79 Å². The van der Waals surface area contributed by atoms with Crippen LogP contribution in [-0.4, -0.2) is 9.97 Å². The molecule has 0 radical (unpaired) electrons. The third-order valence-electron chi connectivity index (χ3n) is 4.28. The molecule has 0 bridgehead atoms. The van der Waals surface area contributed by atoms with E-state index in [1.807, 2.05) is 66.7 Å². The van der Waals surface area contributed by atoms with Crippen molar-refractivity contribution in [2.45, 2.75) is 0 Å². The van der Waals surface area contributed by atoms with Crippen molar-refractivity contribution < 1.29 is 4.42 Å². The highest BCUT2D eigenvalue weighted by Gasteiger charge is 2.15. The lowest BCUT2D eigenvalue weighted by atomic mass is 10.0. The van der Waals surface area contributed by atoms with Gasteiger partial charge in [-0.1, -0.05) is 48.5 Å². The summed E-state index contributed by atoms with van der Waals surface area (Å²) in [6, 6.07) is 21.4. The van der Waals surface area contributed by atoms with Gasteiger partial charge in [0.15, 0.2) is 0 Å². The molecule has 0 fully saturated rings. The summed E-state index contributed by atoms with van der Waals surface area (Å²) in [5.41, 5.74) is 3.60. The van der Waals surface area contributed by atoms with Crippen molar-refractivity contribution in [2.24, 2.45) is 0 Å². The highest BCUT2D eigenvalue weighted by Crippen LogP contribution is 2.37. The van der Waals surface area contributed by atoms with Gasteiger partial charge in [-0.15, -0.1) is 0 Å². The van der Waals surface area contributed by atoms with Crippen LogP contribution in [0.4, 0.5) is 0 Å². The van der Waals surface area contributed by atoms with Gasteiger partial charge in [0, 0.05) is 21.7 Å². The predicted octanol–water partition coefficient (Wildman–Crippen LogP) is 4.49. The van der Waals surface area contributed by atoms with Gasteiger partial charge in [-0.05, 0) is 18.2 Å². The maximum Gasteiger partial charge on any atom is 0.345 e. The zero-order valence-corrected chi connectivity index (χ0v) is 12.6. The Hall–Kier alpha value is -3.40. The van der Waals surface area contributed by atoms with Gasteiger partial charge in [0.25, 0.3) is 0 Å². The van der Waals surface area contributed by atoms with Gasteiger partial charge in [-0.2, -0.15) is 4.98 Å². The molecule has 2 aromatic heterocycles. The Bertz CT molecular complexity index is 1270. The van der Waals surface area contributed by atoms with Crippen LogP contribution in [-0.2, 0) is 0 Å². The van der Waals surface area contributed by atoms with E-state index in [1.54, 1.807) is 0 Å². The number of furan rings is 1. The van der Waals surface area contributed by atoms with E-state index in [0.29, 0.717) is 5.69 Å². The number of aromatic amines is 1. The van der Waals surface area contributed by atoms with Crippen molar-refractivity contribution in [3.05, 3.63) is 77.2 Å². The highest BCUT2D eigenvalue weighted by molar-refractivity contribution is 6.21. The monoisotopic (exact) mass is 312 g/mol. The lowest BCUT2D eigenvalue weighted by molar-refractivity contribution is 0.669. The van der Waals surface area contributed by atoms with Gasteiger partial charge in [0.05, 0.1) is 11.2 Å². The van der Waals surface area contributed by atoms with Gasteiger partial charge >= 0.3 is 5.69 Å². The van der Waals surface area contributed by atoms with E-state index in [9.17, 15) is 4.79 Å². The molecule has 2 heterocycles. The lowest BCUT2D eigenvalue weighted by Crippen LogP contribution is -2.11. The summed E-state index contributed by atoms with van der Waals surface area (Å²) in [6.07, 6.45) is 0. The minimum atomic E-state index is -0.353. The highest BCUT2D eigenvalue weighted by atomic mass is 16.3. The fourth-order valence-corrected chi connectivity index (χ4v) is 3.27. The number of hydrogen-bond acceptors (Lipinski definition) is 3. The molecular weight excluding hydrogens is 300 g/mol. The van der Waals surface area contributed by atoms with Crippen LogP contribution in [0.15, 0.2) is 75.9 Å². The Morgan fingerprint density at radius 3 is 2.46 bits per heavy atom. The van der Waals surface area contributed by atoms with Crippen LogP contribution >= 0.6 is 0 Å². The number of benzene rings is 3. The third kappa shape index (κ3) is 1.80. The first kappa shape index (κ1) is 13.1. The normalized spacial score (nSPS) is 11.5. The summed E-state index contributed by atoms with van der Waals surface area (Å²) in [5, 5.41) is 2.90. The Morgan fingerprint density at radius 1 is 0.792 bits per heavy atom. The smallest absolute Gasteiger partial charge is 0.345 e. The fraction of sp³-hybridized carbons (Fsp3) is 0. The molecule has 0 unspecified atom stereocenters. The van der Waals surface area contributed by atoms with Gasteiger partial charge in [-0.3, -0.25) is 0 Å². The maximum atomic E-state index is 12.0. The van der Waals surface area contributed by atoms with Crippen LogP contribution in [0, 0.1) is 0 Å². The number of aromatic nitrogens is 2. The van der Waals surface area contributed by atoms with Crippen LogP contribution in [0.25, 0.3) is 44.1 Å². The Labute approximate surface area is 136 Å². The van der Waals surface area contributed by atoms with Crippen molar-refractivity contribution in [3.63, 3.8) is 0 Å². The average molecular weight is 312 g/mol. The Kier molecular flexibility index (Phi) is 2.61. The summed E-state index contributed by atoms with van der Waals surface area (Å²) in [7, 11) is 0. The van der Waals surface area contributed by atoms with Crippen molar-refractivity contribution in [3.8, 4) is 11.3 Å². The molecule has 3 aromatic carbocycles. The van der Waals surface area contributed by atoms with Crippen LogP contribution in [0.3, 0.4) is 0 Å². The molecule has 5 rings (SSSR count). The molecule has 0 spiro atoms. The summed E-state index contributed by atoms with van der Waals surface area (Å²) >= 11 is 0. The lowest BCUT2D eigenvalue weighted by Gasteiger charge is -2.06. The molecule has 114 valence electrons. The standard InChI is InChI=1S/C20H12N2O2/c23-20-21-14-10-11-16-17(13-8-4-5-9-15(13)24-16)18(14)19(22-20)12-6-2-1-3-7-12/h1-11H,(H,21,22,23). The molecule has 0 aliphatic heterocycles. The number of H-pyrrole nitrogens is 1. The first-order valence-electron chi connectivity index (χ1n) is 7.71. The number of nitrogens with one attached hydrogen (secondary N) is 1. The maximum absolute atomic E-state index is 12.0. The average Bonchev–Trinajstić information content (AvgIpc) is 3.00. The molecule has 5 aromatic rings. The van der Waals surface area contributed by atoms with Crippen molar-refractivity contribution in [1.29, 1.82) is 0 Å². The quantitative estimate of drug-likeness (QED) is 0.496. The largest absolute Gasteiger partial charge is 0.456 e. The molecule has 24 heavy (non-hydrogen) atoms. The van der Waals surface area contributed by atoms with Gasteiger partial charge < -0.3 is 9.40 Å². The second kappa shape index (κ2) is 4.80. The first-order valence-corrected chi connectivity index (χ1v) is 7.71. The number of nitrogens with zero attached hydrogens (tertiary/aromatic N) is 1. The summed E-state index contributed by atoms with van der Waals surface area (Å²) in [5.74, 6) is 0. The molecule has 0 saturated heterocycles. The van der Waals surface area contributed by atoms with E-state index in [4.69, 9.17) is 4.42 Å². The Balaban J connectivity index is 2.07. The fourth-order valence-electron chi connectivity index (χ4n) is 3.27. The zero-order chi connectivity index (χ0) is 16.1. The van der Waals surface area contributed by atoms with E-state index in [0.717, 1.165) is 38.4 Å². The van der Waals surface area contributed by atoms with E-state index in [2.05, 4.69) is 9.97 Å². The first-order chi connectivity index (χ1) is 11.8. The second-order valence-electron chi connectivity index (χ2n) is 5.72. The molecule has 0 saturated carbocycles. The molecule has 4 nitrogen and oxygen atoms in total. The minimum Gasteiger partial charge on any atom is -0.456 e. The van der Waals surface area contributed by atoms with E-state index in [1.165, 1.54) is 0 Å². The summed E-state index contributed by atoms with van der Waals surface area (Å²) < 4.78 is 5.96. The number of hydrogen-bond donors (Lipinski definition) is 1. The minimum absolute atomic E-state index is 0.353. The van der Waals surface area contributed by atoms with Crippen LogP contribution in [0.1, 0.15) is 0 Å². The summed E-state index contributed by atoms with van der Waals surface area (Å²) in [6.45, 7) is 0. The van der Waals surface area contributed by atoms with Gasteiger partial charge in [0.1, 0.15) is 11.2 Å². The van der Waals surface area contributed by atoms with Gasteiger partial charge in [0.2, 0.25) is 0 Å². The van der Waals surface area contributed by atoms with E-state index in [-0.39, 0.29) is 5.69 Å². The van der Waals surface area contributed by atoms with Crippen molar-refractivity contribution in [1.82, 2.24) is 9.97 Å². The van der Waals surface area contributed by atoms with Crippen LogP contribution in [0.5, 0.6) is 0 Å². The molecule has 4 heteroatoms. The molecule has 0 atom stereocenters. The molecule has 0 aliphatic rings. The van der Waals surface area contributed by atoms with E-state index >= 15 is 0 Å². The number of rotatable bonds is 1. The Morgan fingerprint density at radius 2 is 1.58 bits per heavy atom. The molecule has 1 N–H and O–H groups in total. The predicted molar refractivity (Wildman–Crippen MR) is 95.1 cm³/mol. The SMILES string of the molecule is O=c1nc(-c2ccccc2)c2c(ccc3oc4ccccc4c32)[nH]1. The zero-order valence-electron chi connectivity index (χ0n) is 12.6.